The van der Waals surface area contributed by atoms with Crippen LogP contribution >= 0.6 is 0 Å². The molecule has 0 aromatic heterocycles. The second-order valence-corrected chi connectivity index (χ2v) is 3.09. The molecule has 0 saturated carbocycles. The van der Waals surface area contributed by atoms with E-state index in [0.717, 1.165) is 5.56 Å². The summed E-state index contributed by atoms with van der Waals surface area (Å²) in [6.07, 6.45) is -0.448. The van der Waals surface area contributed by atoms with E-state index >= 15 is 0 Å². The van der Waals surface area contributed by atoms with Gasteiger partial charge in [0.1, 0.15) is 0 Å². The maximum atomic E-state index is 10.5. The van der Waals surface area contributed by atoms with Gasteiger partial charge in [0.05, 0.1) is 4.92 Å². The third-order valence-electron chi connectivity index (χ3n) is 2.01. The van der Waals surface area contributed by atoms with Gasteiger partial charge < -0.3 is 9.47 Å². The number of benzene rings is 1. The monoisotopic (exact) mass is 225 g/mol. The molecule has 88 valence electrons. The number of nitro groups is 1. The molecule has 16 heavy (non-hydrogen) atoms. The Kier molecular flexibility index (Phi) is 4.88. The lowest BCUT2D eigenvalue weighted by molar-refractivity contribution is -0.384. The minimum Gasteiger partial charge on any atom is -0.349 e. The minimum absolute atomic E-state index is 0.0653. The molecule has 0 spiro atoms. The Morgan fingerprint density at radius 3 is 2.06 bits per heavy atom. The summed E-state index contributed by atoms with van der Waals surface area (Å²) < 4.78 is 10.8. The highest BCUT2D eigenvalue weighted by molar-refractivity contribution is 5.33. The van der Waals surface area contributed by atoms with Gasteiger partial charge in [-0.3, -0.25) is 10.1 Å². The van der Waals surface area contributed by atoms with Crippen LogP contribution in [-0.2, 0) is 9.47 Å². The van der Waals surface area contributed by atoms with Crippen molar-refractivity contribution in [3.63, 3.8) is 0 Å². The van der Waals surface area contributed by atoms with E-state index in [0.29, 0.717) is 13.2 Å². The molecule has 0 saturated heterocycles. The molecule has 0 heterocycles. The van der Waals surface area contributed by atoms with E-state index in [4.69, 9.17) is 9.47 Å². The van der Waals surface area contributed by atoms with Crippen molar-refractivity contribution in [1.82, 2.24) is 0 Å². The first-order chi connectivity index (χ1) is 7.69. The Hall–Kier alpha value is -1.46. The average Bonchev–Trinajstić information content (AvgIpc) is 2.29. The molecular formula is C11H15NO4. The molecule has 0 bridgehead atoms. The third-order valence-corrected chi connectivity index (χ3v) is 2.01. The van der Waals surface area contributed by atoms with Crippen molar-refractivity contribution in [1.29, 1.82) is 0 Å². The first-order valence-electron chi connectivity index (χ1n) is 5.16. The number of nitro benzene ring substituents is 1. The fourth-order valence-corrected chi connectivity index (χ4v) is 1.30. The number of non-ortho nitro benzene ring substituents is 1. The molecule has 1 aromatic carbocycles. The van der Waals surface area contributed by atoms with Crippen LogP contribution in [0.2, 0.25) is 0 Å². The second kappa shape index (κ2) is 6.19. The summed E-state index contributed by atoms with van der Waals surface area (Å²) in [4.78, 5) is 10.0. The topological polar surface area (TPSA) is 61.6 Å². The summed E-state index contributed by atoms with van der Waals surface area (Å²) >= 11 is 0. The predicted octanol–water partition coefficient (Wildman–Crippen LogP) is 2.67. The lowest BCUT2D eigenvalue weighted by Gasteiger charge is -2.16. The first kappa shape index (κ1) is 12.6. The number of nitrogens with zero attached hydrogens (tertiary/aromatic N) is 1. The van der Waals surface area contributed by atoms with Crippen LogP contribution in [0, 0.1) is 10.1 Å². The Morgan fingerprint density at radius 1 is 1.19 bits per heavy atom. The Morgan fingerprint density at radius 2 is 1.69 bits per heavy atom. The minimum atomic E-state index is -0.448. The first-order valence-corrected chi connectivity index (χ1v) is 5.16. The van der Waals surface area contributed by atoms with Gasteiger partial charge >= 0.3 is 0 Å². The molecule has 0 radical (unpaired) electrons. The predicted molar refractivity (Wildman–Crippen MR) is 59.1 cm³/mol. The van der Waals surface area contributed by atoms with Crippen molar-refractivity contribution in [2.75, 3.05) is 13.2 Å². The molecule has 1 rings (SSSR count). The van der Waals surface area contributed by atoms with E-state index in [1.807, 2.05) is 13.8 Å². The number of hydrogen-bond donors (Lipinski definition) is 0. The highest BCUT2D eigenvalue weighted by Gasteiger charge is 2.12. The van der Waals surface area contributed by atoms with Gasteiger partial charge in [-0.2, -0.15) is 0 Å². The van der Waals surface area contributed by atoms with Gasteiger partial charge in [-0.1, -0.05) is 0 Å². The molecule has 0 fully saturated rings. The molecule has 0 aliphatic rings. The summed E-state index contributed by atoms with van der Waals surface area (Å²) in [5.74, 6) is 0. The highest BCUT2D eigenvalue weighted by Crippen LogP contribution is 2.21. The second-order valence-electron chi connectivity index (χ2n) is 3.09. The Balaban J connectivity index is 2.80. The maximum Gasteiger partial charge on any atom is 0.269 e. The summed E-state index contributed by atoms with van der Waals surface area (Å²) in [5, 5.41) is 10.5. The highest BCUT2D eigenvalue weighted by atomic mass is 16.7. The third kappa shape index (κ3) is 3.29. The van der Waals surface area contributed by atoms with Gasteiger partial charge in [0, 0.05) is 30.9 Å². The number of rotatable bonds is 6. The van der Waals surface area contributed by atoms with Gasteiger partial charge in [0.25, 0.3) is 5.69 Å². The van der Waals surface area contributed by atoms with Crippen molar-refractivity contribution in [2.24, 2.45) is 0 Å². The van der Waals surface area contributed by atoms with Crippen LogP contribution in [0.3, 0.4) is 0 Å². The molecule has 0 atom stereocenters. The van der Waals surface area contributed by atoms with E-state index < -0.39 is 11.2 Å². The molecule has 5 nitrogen and oxygen atoms in total. The van der Waals surface area contributed by atoms with E-state index in [1.165, 1.54) is 12.1 Å². The zero-order valence-corrected chi connectivity index (χ0v) is 9.38. The van der Waals surface area contributed by atoms with Gasteiger partial charge in [-0.25, -0.2) is 0 Å². The quantitative estimate of drug-likeness (QED) is 0.424. The largest absolute Gasteiger partial charge is 0.349 e. The summed E-state index contributed by atoms with van der Waals surface area (Å²) in [7, 11) is 0. The van der Waals surface area contributed by atoms with Crippen LogP contribution in [0.4, 0.5) is 5.69 Å². The van der Waals surface area contributed by atoms with Crippen LogP contribution in [-0.4, -0.2) is 18.1 Å². The van der Waals surface area contributed by atoms with Crippen molar-refractivity contribution in [3.05, 3.63) is 39.9 Å². The van der Waals surface area contributed by atoms with Crippen molar-refractivity contribution < 1.29 is 14.4 Å². The Bertz CT molecular complexity index is 330. The molecule has 5 heteroatoms. The zero-order chi connectivity index (χ0) is 12.0. The lowest BCUT2D eigenvalue weighted by Crippen LogP contribution is -2.08. The molecule has 0 aliphatic carbocycles. The van der Waals surface area contributed by atoms with E-state index in [9.17, 15) is 10.1 Å². The molecule has 0 N–H and O–H groups in total. The molecule has 1 aromatic rings. The van der Waals surface area contributed by atoms with Crippen LogP contribution in [0.25, 0.3) is 0 Å². The zero-order valence-electron chi connectivity index (χ0n) is 9.38. The van der Waals surface area contributed by atoms with Crippen molar-refractivity contribution in [2.45, 2.75) is 20.1 Å². The lowest BCUT2D eigenvalue weighted by atomic mass is 10.2. The van der Waals surface area contributed by atoms with Gasteiger partial charge in [-0.05, 0) is 26.0 Å². The smallest absolute Gasteiger partial charge is 0.269 e. The van der Waals surface area contributed by atoms with E-state index in [1.54, 1.807) is 12.1 Å². The normalized spacial score (nSPS) is 10.7. The molecule has 0 aliphatic heterocycles. The van der Waals surface area contributed by atoms with E-state index in [2.05, 4.69) is 0 Å². The van der Waals surface area contributed by atoms with Crippen molar-refractivity contribution >= 4 is 5.69 Å². The van der Waals surface area contributed by atoms with Gasteiger partial charge in [-0.15, -0.1) is 0 Å². The fraction of sp³-hybridized carbons (Fsp3) is 0.455. The van der Waals surface area contributed by atoms with Crippen LogP contribution < -0.4 is 0 Å². The van der Waals surface area contributed by atoms with Crippen LogP contribution in [0.5, 0.6) is 0 Å². The maximum absolute atomic E-state index is 10.5. The molecule has 0 amide bonds. The van der Waals surface area contributed by atoms with Crippen molar-refractivity contribution in [3.8, 4) is 0 Å². The summed E-state index contributed by atoms with van der Waals surface area (Å²) in [6, 6.07) is 6.18. The molecule has 0 unspecified atom stereocenters. The molecular weight excluding hydrogens is 210 g/mol. The summed E-state index contributed by atoms with van der Waals surface area (Å²) in [5.41, 5.74) is 0.852. The van der Waals surface area contributed by atoms with Crippen LogP contribution in [0.15, 0.2) is 24.3 Å². The number of hydrogen-bond acceptors (Lipinski definition) is 4. The average molecular weight is 225 g/mol. The number of ether oxygens (including phenoxy) is 2. The van der Waals surface area contributed by atoms with Gasteiger partial charge in [0.2, 0.25) is 0 Å². The van der Waals surface area contributed by atoms with E-state index in [-0.39, 0.29) is 5.69 Å². The standard InChI is InChI=1S/C11H15NO4/c1-3-15-11(16-4-2)9-5-7-10(8-6-9)12(13)14/h5-8,11H,3-4H2,1-2H3. The van der Waals surface area contributed by atoms with Gasteiger partial charge in [0.15, 0.2) is 6.29 Å². The Labute approximate surface area is 94.1 Å². The van der Waals surface area contributed by atoms with Crippen LogP contribution in [0.1, 0.15) is 25.7 Å². The fourth-order valence-electron chi connectivity index (χ4n) is 1.30. The SMILES string of the molecule is CCOC(OCC)c1ccc([N+](=O)[O-])cc1. The summed E-state index contributed by atoms with van der Waals surface area (Å²) in [6.45, 7) is 4.80.